The zero-order valence-corrected chi connectivity index (χ0v) is 19.9. The molecule has 2 amide bonds. The second kappa shape index (κ2) is 9.86. The molecule has 1 aliphatic heterocycles. The zero-order valence-electron chi connectivity index (χ0n) is 17.7. The van der Waals surface area contributed by atoms with Crippen molar-refractivity contribution in [2.75, 3.05) is 33.2 Å². The van der Waals surface area contributed by atoms with Gasteiger partial charge < -0.3 is 4.90 Å². The number of benzene rings is 2. The molecular formula is C22H24F3IN4O2. The summed E-state index contributed by atoms with van der Waals surface area (Å²) in [4.78, 5) is 29.4. The Bertz CT molecular complexity index is 1020. The molecule has 0 spiro atoms. The molecule has 0 saturated carbocycles. The molecule has 3 rings (SSSR count). The lowest BCUT2D eigenvalue weighted by Gasteiger charge is -2.33. The molecule has 0 aliphatic carbocycles. The summed E-state index contributed by atoms with van der Waals surface area (Å²) in [6.07, 6.45) is -4.64. The van der Waals surface area contributed by atoms with Crippen molar-refractivity contribution in [2.24, 2.45) is 5.84 Å². The second-order valence-electron chi connectivity index (χ2n) is 7.89. The second-order valence-corrected chi connectivity index (χ2v) is 9.06. The lowest BCUT2D eigenvalue weighted by molar-refractivity contribution is -0.138. The summed E-state index contributed by atoms with van der Waals surface area (Å²) in [5.74, 6) is 3.92. The van der Waals surface area contributed by atoms with Crippen molar-refractivity contribution in [1.82, 2.24) is 14.8 Å². The first-order valence-corrected chi connectivity index (χ1v) is 11.1. The van der Waals surface area contributed by atoms with Crippen molar-refractivity contribution in [2.45, 2.75) is 19.6 Å². The highest BCUT2D eigenvalue weighted by molar-refractivity contribution is 14.1. The third kappa shape index (κ3) is 5.66. The molecule has 10 heteroatoms. The molecule has 172 valence electrons. The topological polar surface area (TPSA) is 69.9 Å². The Balaban J connectivity index is 1.84. The summed E-state index contributed by atoms with van der Waals surface area (Å²) in [6.45, 7) is 4.87. The number of hydrogen-bond acceptors (Lipinski definition) is 5. The number of amides is 2. The van der Waals surface area contributed by atoms with Crippen LogP contribution in [-0.4, -0.2) is 59.8 Å². The van der Waals surface area contributed by atoms with Crippen molar-refractivity contribution in [3.63, 3.8) is 0 Å². The van der Waals surface area contributed by atoms with Gasteiger partial charge in [0.25, 0.3) is 11.8 Å². The largest absolute Gasteiger partial charge is 0.416 e. The summed E-state index contributed by atoms with van der Waals surface area (Å²) in [7, 11) is 1.97. The Morgan fingerprint density at radius 2 is 1.59 bits per heavy atom. The van der Waals surface area contributed by atoms with Crippen LogP contribution in [-0.2, 0) is 12.7 Å². The van der Waals surface area contributed by atoms with Crippen molar-refractivity contribution in [1.29, 1.82) is 0 Å². The van der Waals surface area contributed by atoms with Gasteiger partial charge in [-0.3, -0.25) is 14.5 Å². The van der Waals surface area contributed by atoms with E-state index in [1.807, 2.05) is 41.5 Å². The summed E-state index contributed by atoms with van der Waals surface area (Å²) in [5, 5.41) is 0.358. The minimum Gasteiger partial charge on any atom is -0.304 e. The molecule has 2 N–H and O–H groups in total. The molecule has 1 heterocycles. The number of nitrogens with two attached hydrogens (primary N) is 1. The predicted molar refractivity (Wildman–Crippen MR) is 123 cm³/mol. The third-order valence-electron chi connectivity index (χ3n) is 5.51. The van der Waals surface area contributed by atoms with Crippen LogP contribution >= 0.6 is 22.6 Å². The molecule has 1 aliphatic rings. The Labute approximate surface area is 198 Å². The van der Waals surface area contributed by atoms with Crippen LogP contribution in [0.15, 0.2) is 36.4 Å². The fraction of sp³-hybridized carbons (Fsp3) is 0.364. The maximum atomic E-state index is 13.8. The molecule has 0 unspecified atom stereocenters. The van der Waals surface area contributed by atoms with E-state index in [-0.39, 0.29) is 23.2 Å². The molecule has 2 aromatic rings. The molecule has 0 bridgehead atoms. The minimum absolute atomic E-state index is 0.0848. The Morgan fingerprint density at radius 3 is 2.16 bits per heavy atom. The zero-order chi connectivity index (χ0) is 23.6. The summed E-state index contributed by atoms with van der Waals surface area (Å²) in [5.41, 5.74) is 0.0214. The number of imide groups is 1. The standard InChI is InChI=1S/C22H24F3IN4O2/c1-14-3-4-16(12-19(14)26)21(32)30(27)20(31)15-5-6-17(18(11-15)22(23,24)25)13-29-9-7-28(2)8-10-29/h3-6,11-12H,7-10,13,27H2,1-2H3. The number of rotatable bonds is 4. The van der Waals surface area contributed by atoms with Gasteiger partial charge in [-0.1, -0.05) is 12.1 Å². The Hall–Kier alpha value is -2.02. The van der Waals surface area contributed by atoms with E-state index in [2.05, 4.69) is 4.90 Å². The van der Waals surface area contributed by atoms with Gasteiger partial charge in [0, 0.05) is 47.4 Å². The van der Waals surface area contributed by atoms with Crippen LogP contribution in [0.4, 0.5) is 13.2 Å². The lowest BCUT2D eigenvalue weighted by atomic mass is 10.0. The summed E-state index contributed by atoms with van der Waals surface area (Å²) in [6, 6.07) is 8.16. The minimum atomic E-state index is -4.64. The van der Waals surface area contributed by atoms with Gasteiger partial charge in [0.1, 0.15) is 0 Å². The highest BCUT2D eigenvalue weighted by Gasteiger charge is 2.35. The lowest BCUT2D eigenvalue weighted by Crippen LogP contribution is -2.44. The van der Waals surface area contributed by atoms with Crippen molar-refractivity contribution in [3.8, 4) is 0 Å². The number of hydrogen-bond donors (Lipinski definition) is 1. The van der Waals surface area contributed by atoms with Crippen LogP contribution in [0.3, 0.4) is 0 Å². The highest BCUT2D eigenvalue weighted by Crippen LogP contribution is 2.33. The van der Waals surface area contributed by atoms with E-state index in [1.54, 1.807) is 12.1 Å². The fourth-order valence-electron chi connectivity index (χ4n) is 3.45. The summed E-state index contributed by atoms with van der Waals surface area (Å²) >= 11 is 2.05. The van der Waals surface area contributed by atoms with Crippen LogP contribution in [0, 0.1) is 10.5 Å². The van der Waals surface area contributed by atoms with E-state index in [4.69, 9.17) is 5.84 Å². The monoisotopic (exact) mass is 560 g/mol. The number of aryl methyl sites for hydroxylation is 1. The maximum Gasteiger partial charge on any atom is 0.416 e. The molecule has 2 aromatic carbocycles. The van der Waals surface area contributed by atoms with E-state index in [0.29, 0.717) is 18.1 Å². The van der Waals surface area contributed by atoms with E-state index in [0.717, 1.165) is 28.3 Å². The number of hydrazine groups is 1. The van der Waals surface area contributed by atoms with Gasteiger partial charge in [-0.15, -0.1) is 0 Å². The highest BCUT2D eigenvalue weighted by atomic mass is 127. The number of carbonyl (C=O) groups excluding carboxylic acids is 2. The fourth-order valence-corrected chi connectivity index (χ4v) is 3.97. The number of alkyl halides is 3. The molecule has 1 fully saturated rings. The van der Waals surface area contributed by atoms with Gasteiger partial charge in [-0.25, -0.2) is 10.9 Å². The molecular weight excluding hydrogens is 536 g/mol. The first-order valence-electron chi connectivity index (χ1n) is 9.98. The van der Waals surface area contributed by atoms with Gasteiger partial charge in [0.15, 0.2) is 0 Å². The van der Waals surface area contributed by atoms with Crippen molar-refractivity contribution < 1.29 is 22.8 Å². The van der Waals surface area contributed by atoms with Crippen LogP contribution in [0.5, 0.6) is 0 Å². The first kappa shape index (κ1) is 24.6. The maximum absolute atomic E-state index is 13.8. The smallest absolute Gasteiger partial charge is 0.304 e. The van der Waals surface area contributed by atoms with Crippen LogP contribution in [0.25, 0.3) is 0 Å². The number of likely N-dealkylation sites (N-methyl/N-ethyl adjacent to an activating group) is 1. The Kier molecular flexibility index (Phi) is 7.58. The molecule has 32 heavy (non-hydrogen) atoms. The normalized spacial score (nSPS) is 15.6. The quantitative estimate of drug-likeness (QED) is 0.204. The molecule has 1 saturated heterocycles. The molecule has 0 radical (unpaired) electrons. The van der Waals surface area contributed by atoms with Gasteiger partial charge in [-0.05, 0) is 72.0 Å². The van der Waals surface area contributed by atoms with Gasteiger partial charge in [0.05, 0.1) is 5.56 Å². The molecule has 0 aromatic heterocycles. The number of piperazine rings is 1. The van der Waals surface area contributed by atoms with E-state index in [9.17, 15) is 22.8 Å². The average molecular weight is 560 g/mol. The molecule has 0 atom stereocenters. The first-order chi connectivity index (χ1) is 15.0. The van der Waals surface area contributed by atoms with E-state index in [1.165, 1.54) is 18.2 Å². The van der Waals surface area contributed by atoms with Gasteiger partial charge >= 0.3 is 6.18 Å². The Morgan fingerprint density at radius 1 is 1.03 bits per heavy atom. The summed E-state index contributed by atoms with van der Waals surface area (Å²) < 4.78 is 42.1. The van der Waals surface area contributed by atoms with Crippen molar-refractivity contribution in [3.05, 3.63) is 67.8 Å². The molecule has 6 nitrogen and oxygen atoms in total. The van der Waals surface area contributed by atoms with Crippen LogP contribution < -0.4 is 5.84 Å². The SMILES string of the molecule is Cc1ccc(C(=O)N(N)C(=O)c2ccc(CN3CCN(C)CC3)c(C(F)(F)F)c2)cc1I. The van der Waals surface area contributed by atoms with Crippen LogP contribution in [0.2, 0.25) is 0 Å². The predicted octanol–water partition coefficient (Wildman–Crippen LogP) is 3.52. The number of halogens is 4. The number of nitrogens with zero attached hydrogens (tertiary/aromatic N) is 3. The van der Waals surface area contributed by atoms with E-state index < -0.39 is 23.6 Å². The van der Waals surface area contributed by atoms with Crippen molar-refractivity contribution >= 4 is 34.4 Å². The van der Waals surface area contributed by atoms with E-state index >= 15 is 0 Å². The van der Waals surface area contributed by atoms with Crippen LogP contribution in [0.1, 0.15) is 37.4 Å². The average Bonchev–Trinajstić information content (AvgIpc) is 2.75. The van der Waals surface area contributed by atoms with Gasteiger partial charge in [0.2, 0.25) is 0 Å². The third-order valence-corrected chi connectivity index (χ3v) is 6.67. The number of carbonyl (C=O) groups is 2. The van der Waals surface area contributed by atoms with Gasteiger partial charge in [-0.2, -0.15) is 13.2 Å².